The second kappa shape index (κ2) is 9.18. The molecule has 0 bridgehead atoms. The van der Waals surface area contributed by atoms with E-state index in [1.54, 1.807) is 0 Å². The molecule has 2 unspecified atom stereocenters. The summed E-state index contributed by atoms with van der Waals surface area (Å²) in [6.07, 6.45) is 4.51. The van der Waals surface area contributed by atoms with Crippen LogP contribution in [0.1, 0.15) is 49.7 Å². The van der Waals surface area contributed by atoms with E-state index in [4.69, 9.17) is 0 Å². The van der Waals surface area contributed by atoms with Crippen molar-refractivity contribution < 1.29 is 9.59 Å². The van der Waals surface area contributed by atoms with Gasteiger partial charge in [0.05, 0.1) is 13.2 Å². The topological polar surface area (TPSA) is 64.7 Å². The minimum atomic E-state index is -0.505. The van der Waals surface area contributed by atoms with E-state index in [9.17, 15) is 9.59 Å². The number of carbonyl (C=O) groups is 2. The van der Waals surface area contributed by atoms with Gasteiger partial charge in [-0.1, -0.05) is 49.4 Å². The van der Waals surface area contributed by atoms with Gasteiger partial charge in [0, 0.05) is 30.7 Å². The van der Waals surface area contributed by atoms with Crippen LogP contribution in [0.4, 0.5) is 5.69 Å². The van der Waals surface area contributed by atoms with Crippen molar-refractivity contribution in [3.05, 3.63) is 65.7 Å². The molecule has 1 spiro atoms. The van der Waals surface area contributed by atoms with Crippen molar-refractivity contribution in [3.8, 4) is 0 Å². The Bertz CT molecular complexity index is 1000. The second-order valence-corrected chi connectivity index (χ2v) is 9.66. The normalized spacial score (nSPS) is 24.4. The van der Waals surface area contributed by atoms with Gasteiger partial charge in [0.1, 0.15) is 5.54 Å². The van der Waals surface area contributed by atoms with Gasteiger partial charge in [-0.15, -0.1) is 0 Å². The predicted octanol–water partition coefficient (Wildman–Crippen LogP) is 3.04. The van der Waals surface area contributed by atoms with E-state index in [0.29, 0.717) is 19.1 Å². The third-order valence-electron chi connectivity index (χ3n) is 7.91. The van der Waals surface area contributed by atoms with E-state index in [0.717, 1.165) is 50.9 Å². The fourth-order valence-corrected chi connectivity index (χ4v) is 6.10. The molecule has 0 radical (unpaired) electrons. The van der Waals surface area contributed by atoms with E-state index in [1.165, 1.54) is 11.1 Å². The fourth-order valence-electron chi connectivity index (χ4n) is 6.10. The van der Waals surface area contributed by atoms with Crippen LogP contribution >= 0.6 is 0 Å². The highest BCUT2D eigenvalue weighted by Crippen LogP contribution is 2.36. The molecule has 2 saturated heterocycles. The van der Waals surface area contributed by atoms with Gasteiger partial charge in [-0.05, 0) is 55.4 Å². The SMILES string of the molecule is CCC1c2ccccc2CCC1NC(=O)CN1CCC2(CC1)C(=O)NCN2c1ccccc1. The third kappa shape index (κ3) is 4.12. The molecule has 2 amide bonds. The minimum Gasteiger partial charge on any atom is -0.352 e. The highest BCUT2D eigenvalue weighted by molar-refractivity contribution is 5.93. The number of nitrogens with zero attached hydrogens (tertiary/aromatic N) is 2. The van der Waals surface area contributed by atoms with Crippen LogP contribution in [0.3, 0.4) is 0 Å². The Hall–Kier alpha value is -2.86. The number of amides is 2. The number of para-hydroxylation sites is 1. The van der Waals surface area contributed by atoms with Gasteiger partial charge in [0.15, 0.2) is 0 Å². The van der Waals surface area contributed by atoms with Crippen molar-refractivity contribution in [1.29, 1.82) is 0 Å². The number of rotatable bonds is 5. The van der Waals surface area contributed by atoms with Crippen molar-refractivity contribution in [2.24, 2.45) is 0 Å². The van der Waals surface area contributed by atoms with Gasteiger partial charge >= 0.3 is 0 Å². The van der Waals surface area contributed by atoms with Gasteiger partial charge in [0.25, 0.3) is 0 Å². The molecule has 2 heterocycles. The van der Waals surface area contributed by atoms with Crippen molar-refractivity contribution in [2.75, 3.05) is 31.2 Å². The first kappa shape index (κ1) is 22.0. The van der Waals surface area contributed by atoms with Crippen LogP contribution in [-0.4, -0.2) is 54.6 Å². The Morgan fingerprint density at radius 2 is 1.82 bits per heavy atom. The standard InChI is InChI=1S/C27H34N4O2/c1-2-22-23-11-7-6-8-20(23)12-13-24(22)29-25(32)18-30-16-14-27(15-17-30)26(33)28-19-31(27)21-9-4-3-5-10-21/h3-11,22,24H,2,12-19H2,1H3,(H,28,33)(H,29,32). The van der Waals surface area contributed by atoms with E-state index in [-0.39, 0.29) is 17.9 Å². The molecule has 2 atom stereocenters. The van der Waals surface area contributed by atoms with Gasteiger partial charge in [-0.3, -0.25) is 14.5 Å². The minimum absolute atomic E-state index is 0.101. The quantitative estimate of drug-likeness (QED) is 0.741. The molecule has 2 fully saturated rings. The molecule has 3 aliphatic rings. The average molecular weight is 447 g/mol. The zero-order valence-corrected chi connectivity index (χ0v) is 19.4. The average Bonchev–Trinajstić information content (AvgIpc) is 3.16. The number of aryl methyl sites for hydroxylation is 1. The Labute approximate surface area is 196 Å². The highest BCUT2D eigenvalue weighted by Gasteiger charge is 2.50. The van der Waals surface area contributed by atoms with E-state index in [2.05, 4.69) is 63.8 Å². The lowest BCUT2D eigenvalue weighted by molar-refractivity contribution is -0.126. The number of hydrogen-bond donors (Lipinski definition) is 2. The van der Waals surface area contributed by atoms with Gasteiger partial charge in [0.2, 0.25) is 11.8 Å². The van der Waals surface area contributed by atoms with Crippen LogP contribution in [0.5, 0.6) is 0 Å². The summed E-state index contributed by atoms with van der Waals surface area (Å²) < 4.78 is 0. The molecule has 6 nitrogen and oxygen atoms in total. The lowest BCUT2D eigenvalue weighted by Gasteiger charge is -2.43. The summed E-state index contributed by atoms with van der Waals surface area (Å²) in [7, 11) is 0. The Morgan fingerprint density at radius 3 is 2.58 bits per heavy atom. The molecular weight excluding hydrogens is 412 g/mol. The first-order valence-electron chi connectivity index (χ1n) is 12.3. The Balaban J connectivity index is 1.19. The highest BCUT2D eigenvalue weighted by atomic mass is 16.2. The molecule has 1 aliphatic carbocycles. The lowest BCUT2D eigenvalue weighted by Crippen LogP contribution is -2.57. The molecule has 2 N–H and O–H groups in total. The molecule has 2 aliphatic heterocycles. The van der Waals surface area contributed by atoms with Crippen molar-refractivity contribution in [1.82, 2.24) is 15.5 Å². The number of likely N-dealkylation sites (tertiary alicyclic amines) is 1. The fraction of sp³-hybridized carbons (Fsp3) is 0.481. The largest absolute Gasteiger partial charge is 0.352 e. The van der Waals surface area contributed by atoms with Crippen LogP contribution in [0.25, 0.3) is 0 Å². The number of fused-ring (bicyclic) bond motifs is 1. The maximum Gasteiger partial charge on any atom is 0.247 e. The maximum atomic E-state index is 13.0. The number of anilines is 1. The predicted molar refractivity (Wildman–Crippen MR) is 130 cm³/mol. The summed E-state index contributed by atoms with van der Waals surface area (Å²) in [5, 5.41) is 6.39. The summed E-state index contributed by atoms with van der Waals surface area (Å²) in [6, 6.07) is 19.0. The Morgan fingerprint density at radius 1 is 1.09 bits per heavy atom. The van der Waals surface area contributed by atoms with Gasteiger partial charge < -0.3 is 15.5 Å². The smallest absolute Gasteiger partial charge is 0.247 e. The molecule has 5 rings (SSSR count). The molecule has 0 saturated carbocycles. The maximum absolute atomic E-state index is 13.0. The molecule has 174 valence electrons. The summed E-state index contributed by atoms with van der Waals surface area (Å²) in [5.74, 6) is 0.594. The van der Waals surface area contributed by atoms with Crippen molar-refractivity contribution >= 4 is 17.5 Å². The van der Waals surface area contributed by atoms with Crippen LogP contribution in [0.15, 0.2) is 54.6 Å². The third-order valence-corrected chi connectivity index (χ3v) is 7.91. The van der Waals surface area contributed by atoms with Crippen molar-refractivity contribution in [2.45, 2.75) is 56.5 Å². The second-order valence-electron chi connectivity index (χ2n) is 9.66. The summed E-state index contributed by atoms with van der Waals surface area (Å²) >= 11 is 0. The van der Waals surface area contributed by atoms with Gasteiger partial charge in [-0.25, -0.2) is 0 Å². The van der Waals surface area contributed by atoms with Gasteiger partial charge in [-0.2, -0.15) is 0 Å². The Kier molecular flexibility index (Phi) is 6.11. The first-order chi connectivity index (χ1) is 16.1. The van der Waals surface area contributed by atoms with Crippen LogP contribution in [-0.2, 0) is 16.0 Å². The number of nitrogens with one attached hydrogen (secondary N) is 2. The molecule has 33 heavy (non-hydrogen) atoms. The van der Waals surface area contributed by atoms with Crippen LogP contribution in [0, 0.1) is 0 Å². The summed E-state index contributed by atoms with van der Waals surface area (Å²) in [5.41, 5.74) is 3.39. The lowest BCUT2D eigenvalue weighted by atomic mass is 9.78. The summed E-state index contributed by atoms with van der Waals surface area (Å²) in [6.45, 7) is 4.65. The van der Waals surface area contributed by atoms with E-state index in [1.807, 2.05) is 18.2 Å². The molecular formula is C27H34N4O2. The van der Waals surface area contributed by atoms with E-state index < -0.39 is 5.54 Å². The van der Waals surface area contributed by atoms with Crippen LogP contribution in [0.2, 0.25) is 0 Å². The molecule has 0 aromatic heterocycles. The molecule has 6 heteroatoms. The number of piperidine rings is 1. The van der Waals surface area contributed by atoms with E-state index >= 15 is 0 Å². The van der Waals surface area contributed by atoms with Crippen LogP contribution < -0.4 is 15.5 Å². The zero-order chi connectivity index (χ0) is 22.8. The first-order valence-corrected chi connectivity index (χ1v) is 12.3. The number of carbonyl (C=O) groups excluding carboxylic acids is 2. The number of hydrogen-bond acceptors (Lipinski definition) is 4. The monoisotopic (exact) mass is 446 g/mol. The number of benzene rings is 2. The summed E-state index contributed by atoms with van der Waals surface area (Å²) in [4.78, 5) is 30.2. The molecule has 2 aromatic rings. The zero-order valence-electron chi connectivity index (χ0n) is 19.4. The van der Waals surface area contributed by atoms with Crippen molar-refractivity contribution in [3.63, 3.8) is 0 Å². The molecule has 2 aromatic carbocycles.